The second-order valence-corrected chi connectivity index (χ2v) is 7.29. The van der Waals surface area contributed by atoms with Crippen molar-refractivity contribution in [2.24, 2.45) is 0 Å². The Bertz CT molecular complexity index is 911. The minimum atomic E-state index is -0.0182. The number of fused-ring (bicyclic) bond motifs is 1. The molecule has 3 heterocycles. The van der Waals surface area contributed by atoms with Crippen molar-refractivity contribution in [2.45, 2.75) is 19.8 Å². The summed E-state index contributed by atoms with van der Waals surface area (Å²) >= 11 is 1.35. The van der Waals surface area contributed by atoms with Crippen LogP contribution in [-0.4, -0.2) is 47.6 Å². The number of anilines is 1. The standard InChI is InChI=1S/C18H20N4O2S/c1-3-21(2)18(23)15-11-19-17(25-15)16-13-7-6-12(10-14(13)24-20-16)22-8-4-5-9-22/h6-7,10-11H,3-5,8-9H2,1-2H3. The number of rotatable bonds is 4. The van der Waals surface area contributed by atoms with Crippen LogP contribution in [0.1, 0.15) is 29.4 Å². The van der Waals surface area contributed by atoms with Crippen molar-refractivity contribution >= 4 is 33.9 Å². The smallest absolute Gasteiger partial charge is 0.265 e. The Labute approximate surface area is 150 Å². The van der Waals surface area contributed by atoms with E-state index in [-0.39, 0.29) is 5.91 Å². The van der Waals surface area contributed by atoms with Gasteiger partial charge in [-0.2, -0.15) is 0 Å². The lowest BCUT2D eigenvalue weighted by molar-refractivity contribution is 0.0807. The Morgan fingerprint density at radius 1 is 1.36 bits per heavy atom. The van der Waals surface area contributed by atoms with Crippen LogP contribution in [0, 0.1) is 0 Å². The van der Waals surface area contributed by atoms with Crippen molar-refractivity contribution < 1.29 is 9.32 Å². The van der Waals surface area contributed by atoms with Crippen LogP contribution in [0.5, 0.6) is 0 Å². The van der Waals surface area contributed by atoms with Gasteiger partial charge in [-0.1, -0.05) is 5.16 Å². The van der Waals surface area contributed by atoms with Gasteiger partial charge in [0.15, 0.2) is 5.58 Å². The summed E-state index contributed by atoms with van der Waals surface area (Å²) in [6, 6.07) is 6.19. The fourth-order valence-corrected chi connectivity index (χ4v) is 3.97. The van der Waals surface area contributed by atoms with E-state index in [1.54, 1.807) is 18.1 Å². The maximum atomic E-state index is 12.3. The molecule has 0 radical (unpaired) electrons. The van der Waals surface area contributed by atoms with Gasteiger partial charge in [0.2, 0.25) is 0 Å². The molecular formula is C18H20N4O2S. The number of amides is 1. The van der Waals surface area contributed by atoms with Crippen molar-refractivity contribution in [1.29, 1.82) is 0 Å². The molecule has 0 bridgehead atoms. The van der Waals surface area contributed by atoms with Crippen molar-refractivity contribution in [3.8, 4) is 10.7 Å². The number of thiazole rings is 1. The summed E-state index contributed by atoms with van der Waals surface area (Å²) < 4.78 is 5.54. The second kappa shape index (κ2) is 6.48. The topological polar surface area (TPSA) is 62.5 Å². The zero-order valence-electron chi connectivity index (χ0n) is 14.4. The summed E-state index contributed by atoms with van der Waals surface area (Å²) in [6.07, 6.45) is 4.09. The summed E-state index contributed by atoms with van der Waals surface area (Å²) in [4.78, 5) is 21.3. The molecule has 0 aliphatic carbocycles. The summed E-state index contributed by atoms with van der Waals surface area (Å²) in [6.45, 7) is 4.80. The quantitative estimate of drug-likeness (QED) is 0.714. The summed E-state index contributed by atoms with van der Waals surface area (Å²) in [5, 5.41) is 5.84. The van der Waals surface area contributed by atoms with Crippen molar-refractivity contribution in [1.82, 2.24) is 15.0 Å². The Balaban J connectivity index is 1.66. The first-order valence-electron chi connectivity index (χ1n) is 8.53. The highest BCUT2D eigenvalue weighted by Crippen LogP contribution is 2.33. The fourth-order valence-electron chi connectivity index (χ4n) is 3.07. The molecule has 1 aliphatic rings. The van der Waals surface area contributed by atoms with Gasteiger partial charge in [-0.15, -0.1) is 11.3 Å². The Kier molecular flexibility index (Phi) is 4.17. The van der Waals surface area contributed by atoms with E-state index in [1.165, 1.54) is 29.9 Å². The SMILES string of the molecule is CCN(C)C(=O)c1cnc(-c2noc3cc(N4CCCC4)ccc23)s1. The normalized spacial score (nSPS) is 14.4. The zero-order chi connectivity index (χ0) is 17.4. The number of carbonyl (C=O) groups is 1. The molecule has 0 atom stereocenters. The molecule has 3 aromatic rings. The molecule has 1 saturated heterocycles. The Morgan fingerprint density at radius 2 is 2.16 bits per heavy atom. The van der Waals surface area contributed by atoms with Gasteiger partial charge >= 0.3 is 0 Å². The minimum Gasteiger partial charge on any atom is -0.371 e. The molecule has 25 heavy (non-hydrogen) atoms. The minimum absolute atomic E-state index is 0.0182. The molecule has 0 N–H and O–H groups in total. The average Bonchev–Trinajstić information content (AvgIpc) is 3.39. The van der Waals surface area contributed by atoms with Gasteiger partial charge < -0.3 is 14.3 Å². The van der Waals surface area contributed by atoms with E-state index in [0.29, 0.717) is 22.1 Å². The number of hydrogen-bond acceptors (Lipinski definition) is 6. The Hall–Kier alpha value is -2.41. The lowest BCUT2D eigenvalue weighted by Gasteiger charge is -2.16. The average molecular weight is 356 g/mol. The summed E-state index contributed by atoms with van der Waals surface area (Å²) in [5.41, 5.74) is 2.63. The van der Waals surface area contributed by atoms with Crippen molar-refractivity contribution in [2.75, 3.05) is 31.6 Å². The lowest BCUT2D eigenvalue weighted by atomic mass is 10.2. The van der Waals surface area contributed by atoms with E-state index in [0.717, 1.165) is 24.1 Å². The van der Waals surface area contributed by atoms with Crippen LogP contribution < -0.4 is 4.90 Å². The van der Waals surface area contributed by atoms with Crippen LogP contribution >= 0.6 is 11.3 Å². The van der Waals surface area contributed by atoms with Crippen LogP contribution in [0.3, 0.4) is 0 Å². The molecule has 1 fully saturated rings. The molecule has 0 spiro atoms. The second-order valence-electron chi connectivity index (χ2n) is 6.25. The molecule has 1 aliphatic heterocycles. The third-order valence-corrected chi connectivity index (χ3v) is 5.66. The third-order valence-electron chi connectivity index (χ3n) is 4.67. The molecule has 0 unspecified atom stereocenters. The van der Waals surface area contributed by atoms with Gasteiger partial charge in [0, 0.05) is 38.4 Å². The largest absolute Gasteiger partial charge is 0.371 e. The van der Waals surface area contributed by atoms with Crippen LogP contribution in [0.25, 0.3) is 21.7 Å². The number of hydrogen-bond donors (Lipinski definition) is 0. The molecule has 0 saturated carbocycles. The predicted octanol–water partition coefficient (Wildman–Crippen LogP) is 3.64. The molecule has 6 nitrogen and oxygen atoms in total. The molecule has 4 rings (SSSR count). The van der Waals surface area contributed by atoms with Gasteiger partial charge in [-0.25, -0.2) is 4.98 Å². The van der Waals surface area contributed by atoms with E-state index in [9.17, 15) is 4.79 Å². The first kappa shape index (κ1) is 16.1. The van der Waals surface area contributed by atoms with Gasteiger partial charge in [0.1, 0.15) is 15.6 Å². The van der Waals surface area contributed by atoms with Gasteiger partial charge in [0.25, 0.3) is 5.91 Å². The fraction of sp³-hybridized carbons (Fsp3) is 0.389. The molecule has 1 amide bonds. The van der Waals surface area contributed by atoms with Crippen LogP contribution in [-0.2, 0) is 0 Å². The molecular weight excluding hydrogens is 336 g/mol. The van der Waals surface area contributed by atoms with Gasteiger partial charge in [-0.05, 0) is 31.9 Å². The van der Waals surface area contributed by atoms with Crippen LogP contribution in [0.2, 0.25) is 0 Å². The number of benzene rings is 1. The zero-order valence-corrected chi connectivity index (χ0v) is 15.2. The van der Waals surface area contributed by atoms with Gasteiger partial charge in [-0.3, -0.25) is 4.79 Å². The maximum Gasteiger partial charge on any atom is 0.265 e. The van der Waals surface area contributed by atoms with E-state index >= 15 is 0 Å². The van der Waals surface area contributed by atoms with Gasteiger partial charge in [0.05, 0.1) is 11.6 Å². The van der Waals surface area contributed by atoms with Crippen LogP contribution in [0.15, 0.2) is 28.9 Å². The Morgan fingerprint density at radius 3 is 2.92 bits per heavy atom. The van der Waals surface area contributed by atoms with E-state index in [2.05, 4.69) is 21.1 Å². The van der Waals surface area contributed by atoms with Crippen molar-refractivity contribution in [3.63, 3.8) is 0 Å². The summed E-state index contributed by atoms with van der Waals surface area (Å²) in [7, 11) is 1.78. The first-order chi connectivity index (χ1) is 12.2. The molecule has 7 heteroatoms. The monoisotopic (exact) mass is 356 g/mol. The highest BCUT2D eigenvalue weighted by molar-refractivity contribution is 7.17. The highest BCUT2D eigenvalue weighted by Gasteiger charge is 2.20. The van der Waals surface area contributed by atoms with E-state index in [4.69, 9.17) is 4.52 Å². The molecule has 1 aromatic carbocycles. The van der Waals surface area contributed by atoms with Crippen LogP contribution in [0.4, 0.5) is 5.69 Å². The maximum absolute atomic E-state index is 12.3. The number of aromatic nitrogens is 2. The first-order valence-corrected chi connectivity index (χ1v) is 9.35. The van der Waals surface area contributed by atoms with E-state index < -0.39 is 0 Å². The third kappa shape index (κ3) is 2.89. The van der Waals surface area contributed by atoms with Crippen molar-refractivity contribution in [3.05, 3.63) is 29.3 Å². The lowest BCUT2D eigenvalue weighted by Crippen LogP contribution is -2.25. The predicted molar refractivity (Wildman–Crippen MR) is 99.2 cm³/mol. The van der Waals surface area contributed by atoms with E-state index in [1.807, 2.05) is 19.1 Å². The highest BCUT2D eigenvalue weighted by atomic mass is 32.1. The number of nitrogens with zero attached hydrogens (tertiary/aromatic N) is 4. The molecule has 130 valence electrons. The molecule has 2 aromatic heterocycles. The number of carbonyl (C=O) groups excluding carboxylic acids is 1. The summed E-state index contributed by atoms with van der Waals surface area (Å²) in [5.74, 6) is -0.0182.